The van der Waals surface area contributed by atoms with E-state index in [4.69, 9.17) is 9.47 Å². The van der Waals surface area contributed by atoms with Crippen molar-refractivity contribution in [3.63, 3.8) is 0 Å². The number of hydrogen-bond acceptors (Lipinski definition) is 6. The molecule has 2 aliphatic rings. The van der Waals surface area contributed by atoms with Gasteiger partial charge in [-0.2, -0.15) is 0 Å². The van der Waals surface area contributed by atoms with Crippen LogP contribution in [-0.4, -0.2) is 46.5 Å². The normalized spacial score (nSPS) is 18.1. The molecule has 3 aromatic rings. The van der Waals surface area contributed by atoms with E-state index in [0.717, 1.165) is 24.0 Å². The van der Waals surface area contributed by atoms with Crippen LogP contribution in [0.2, 0.25) is 0 Å². The predicted octanol–water partition coefficient (Wildman–Crippen LogP) is 5.10. The fraction of sp³-hybridized carbons (Fsp3) is 0.258. The summed E-state index contributed by atoms with van der Waals surface area (Å²) in [5.41, 5.74) is 2.29. The van der Waals surface area contributed by atoms with Gasteiger partial charge in [-0.25, -0.2) is 4.79 Å². The Bertz CT molecular complexity index is 1320. The van der Waals surface area contributed by atoms with Crippen molar-refractivity contribution < 1.29 is 23.9 Å². The number of benzene rings is 3. The van der Waals surface area contributed by atoms with Crippen molar-refractivity contribution in [2.45, 2.75) is 37.3 Å². The first-order chi connectivity index (χ1) is 19.1. The molecular weight excluding hydrogens is 512 g/mol. The highest BCUT2D eigenvalue weighted by molar-refractivity contribution is 8.00. The Morgan fingerprint density at radius 1 is 1.00 bits per heavy atom. The summed E-state index contributed by atoms with van der Waals surface area (Å²) >= 11 is 1.49. The van der Waals surface area contributed by atoms with Crippen LogP contribution in [-0.2, 0) is 14.3 Å². The molecule has 8 heteroatoms. The highest BCUT2D eigenvalue weighted by Gasteiger charge is 2.53. The van der Waals surface area contributed by atoms with E-state index < -0.39 is 18.1 Å². The van der Waals surface area contributed by atoms with Gasteiger partial charge < -0.3 is 14.8 Å². The number of fused-ring (bicyclic) bond motifs is 1. The third-order valence-corrected chi connectivity index (χ3v) is 7.82. The maximum Gasteiger partial charge on any atom is 0.355 e. The van der Waals surface area contributed by atoms with E-state index in [2.05, 4.69) is 12.2 Å². The van der Waals surface area contributed by atoms with Crippen molar-refractivity contribution in [2.24, 2.45) is 0 Å². The first-order valence-corrected chi connectivity index (χ1v) is 14.1. The molecule has 0 bridgehead atoms. The number of amides is 2. The fourth-order valence-corrected chi connectivity index (χ4v) is 5.76. The summed E-state index contributed by atoms with van der Waals surface area (Å²) in [5.74, 6) is -0.138. The van der Waals surface area contributed by atoms with Gasteiger partial charge in [-0.1, -0.05) is 80.1 Å². The van der Waals surface area contributed by atoms with Crippen molar-refractivity contribution in [3.8, 4) is 5.75 Å². The van der Waals surface area contributed by atoms with Gasteiger partial charge in [0.05, 0.1) is 6.61 Å². The molecule has 2 atom stereocenters. The van der Waals surface area contributed by atoms with Gasteiger partial charge in [0.25, 0.3) is 11.8 Å². The molecule has 1 fully saturated rings. The van der Waals surface area contributed by atoms with Gasteiger partial charge in [-0.15, -0.1) is 11.8 Å². The molecule has 0 aromatic heterocycles. The Labute approximate surface area is 232 Å². The third-order valence-electron chi connectivity index (χ3n) is 6.63. The monoisotopic (exact) mass is 542 g/mol. The van der Waals surface area contributed by atoms with E-state index >= 15 is 0 Å². The van der Waals surface area contributed by atoms with Crippen LogP contribution < -0.4 is 10.1 Å². The molecule has 2 aliphatic heterocycles. The Morgan fingerprint density at radius 3 is 2.36 bits per heavy atom. The van der Waals surface area contributed by atoms with Crippen molar-refractivity contribution in [2.75, 3.05) is 12.4 Å². The molecule has 0 spiro atoms. The number of ether oxygens (including phenoxy) is 2. The lowest BCUT2D eigenvalue weighted by Gasteiger charge is -2.48. The number of carbonyl (C=O) groups is 3. The van der Waals surface area contributed by atoms with Gasteiger partial charge in [0.1, 0.15) is 22.9 Å². The molecule has 0 aliphatic carbocycles. The van der Waals surface area contributed by atoms with Crippen LogP contribution in [0.1, 0.15) is 47.4 Å². The zero-order valence-electron chi connectivity index (χ0n) is 21.6. The van der Waals surface area contributed by atoms with Crippen LogP contribution in [0, 0.1) is 0 Å². The van der Waals surface area contributed by atoms with Crippen molar-refractivity contribution >= 4 is 29.5 Å². The van der Waals surface area contributed by atoms with Gasteiger partial charge in [-0.3, -0.25) is 14.5 Å². The van der Waals surface area contributed by atoms with Crippen molar-refractivity contribution in [1.29, 1.82) is 0 Å². The second-order valence-corrected chi connectivity index (χ2v) is 10.5. The average molecular weight is 543 g/mol. The summed E-state index contributed by atoms with van der Waals surface area (Å²) < 4.78 is 11.7. The first-order valence-electron chi connectivity index (χ1n) is 13.1. The highest BCUT2D eigenvalue weighted by atomic mass is 32.2. The number of thioether (sulfide) groups is 1. The van der Waals surface area contributed by atoms with Crippen LogP contribution in [0.25, 0.3) is 0 Å². The molecule has 1 N–H and O–H groups in total. The lowest BCUT2D eigenvalue weighted by Crippen LogP contribution is -2.70. The lowest BCUT2D eigenvalue weighted by atomic mass is 10.0. The quantitative estimate of drug-likeness (QED) is 0.218. The second kappa shape index (κ2) is 12.2. The molecule has 39 heavy (non-hydrogen) atoms. The smallest absolute Gasteiger partial charge is 0.355 e. The van der Waals surface area contributed by atoms with Crippen LogP contribution >= 0.6 is 11.8 Å². The molecule has 1 unspecified atom stereocenters. The van der Waals surface area contributed by atoms with Crippen molar-refractivity contribution in [3.05, 3.63) is 113 Å². The number of rotatable bonds is 10. The Balaban J connectivity index is 1.26. The number of β-lactam (4-membered cyclic amide) rings is 1. The summed E-state index contributed by atoms with van der Waals surface area (Å²) in [7, 11) is 0. The molecule has 5 rings (SSSR count). The first kappa shape index (κ1) is 26.6. The maximum atomic E-state index is 13.4. The number of nitrogens with zero attached hydrogens (tertiary/aromatic N) is 1. The largest absolute Gasteiger partial charge is 0.494 e. The predicted molar refractivity (Wildman–Crippen MR) is 150 cm³/mol. The summed E-state index contributed by atoms with van der Waals surface area (Å²) in [4.78, 5) is 41.0. The van der Waals surface area contributed by atoms with E-state index in [9.17, 15) is 14.4 Å². The standard InChI is InChI=1S/C31H30N2O5S/c1-2-3-18-37-24-16-10-15-23(20-24)28(34)32-26-29(35)33-25(17-19-39-30(26)33)31(36)38-27(21-11-6-4-7-12-21)22-13-8-5-9-14-22/h4-17,20,26-27,30H,2-3,18-19H2,1H3,(H,32,34)/t26?,30-/m1/s1. The average Bonchev–Trinajstić information content (AvgIpc) is 2.99. The third kappa shape index (κ3) is 5.86. The number of hydrogen-bond donors (Lipinski definition) is 1. The van der Waals surface area contributed by atoms with E-state index in [-0.39, 0.29) is 22.9 Å². The van der Waals surface area contributed by atoms with E-state index in [1.165, 1.54) is 16.7 Å². The van der Waals surface area contributed by atoms with Crippen LogP contribution in [0.5, 0.6) is 5.75 Å². The summed E-state index contributed by atoms with van der Waals surface area (Å²) in [6.45, 7) is 2.66. The molecular formula is C31H30N2O5S. The molecule has 7 nitrogen and oxygen atoms in total. The van der Waals surface area contributed by atoms with Crippen LogP contribution in [0.15, 0.2) is 96.7 Å². The minimum absolute atomic E-state index is 0.206. The summed E-state index contributed by atoms with van der Waals surface area (Å²) in [6.07, 6.45) is 3.04. The molecule has 0 saturated carbocycles. The molecule has 0 radical (unpaired) electrons. The van der Waals surface area contributed by atoms with E-state index in [0.29, 0.717) is 23.7 Å². The Kier molecular flexibility index (Phi) is 8.32. The Hall–Kier alpha value is -4.04. The van der Waals surface area contributed by atoms with Crippen LogP contribution in [0.4, 0.5) is 0 Å². The topological polar surface area (TPSA) is 84.9 Å². The van der Waals surface area contributed by atoms with Gasteiger partial charge in [0.15, 0.2) is 6.10 Å². The van der Waals surface area contributed by atoms with Gasteiger partial charge >= 0.3 is 5.97 Å². The van der Waals surface area contributed by atoms with Crippen molar-refractivity contribution in [1.82, 2.24) is 10.2 Å². The minimum atomic E-state index is -0.734. The molecule has 2 amide bonds. The zero-order valence-corrected chi connectivity index (χ0v) is 22.4. The van der Waals surface area contributed by atoms with E-state index in [1.54, 1.807) is 30.3 Å². The minimum Gasteiger partial charge on any atom is -0.494 e. The van der Waals surface area contributed by atoms with Crippen LogP contribution in [0.3, 0.4) is 0 Å². The molecule has 2 heterocycles. The van der Waals surface area contributed by atoms with E-state index in [1.807, 2.05) is 60.7 Å². The van der Waals surface area contributed by atoms with Gasteiger partial charge in [-0.05, 0) is 41.8 Å². The number of esters is 1. The highest BCUT2D eigenvalue weighted by Crippen LogP contribution is 2.39. The second-order valence-electron chi connectivity index (χ2n) is 9.31. The number of carbonyl (C=O) groups excluding carboxylic acids is 3. The van der Waals surface area contributed by atoms with Gasteiger partial charge in [0.2, 0.25) is 0 Å². The number of nitrogens with one attached hydrogen (secondary N) is 1. The SMILES string of the molecule is CCCCOc1cccc(C(=O)NC2C(=O)N3C(C(=O)OC(c4ccccc4)c4ccccc4)=CCS[C@H]23)c1. The fourth-order valence-electron chi connectivity index (χ4n) is 4.57. The lowest BCUT2D eigenvalue weighted by molar-refractivity contribution is -0.153. The molecule has 200 valence electrons. The zero-order chi connectivity index (χ0) is 27.2. The summed E-state index contributed by atoms with van der Waals surface area (Å²) in [6, 6.07) is 25.2. The molecule has 3 aromatic carbocycles. The maximum absolute atomic E-state index is 13.4. The Morgan fingerprint density at radius 2 is 1.69 bits per heavy atom. The summed E-state index contributed by atoms with van der Waals surface area (Å²) in [5, 5.41) is 2.46. The molecule has 1 saturated heterocycles. The number of unbranched alkanes of at least 4 members (excludes halogenated alkanes) is 1. The van der Waals surface area contributed by atoms with Gasteiger partial charge in [0, 0.05) is 11.3 Å².